The van der Waals surface area contributed by atoms with E-state index < -0.39 is 17.5 Å². The smallest absolute Gasteiger partial charge is 0.550 e. The van der Waals surface area contributed by atoms with Crippen LogP contribution >= 0.6 is 0 Å². The Hall–Kier alpha value is -0.100. The zero-order chi connectivity index (χ0) is 13.2. The molecule has 0 saturated carbocycles. The number of carbonyl (C=O) groups excluding carboxylic acids is 2. The van der Waals surface area contributed by atoms with Gasteiger partial charge in [0.2, 0.25) is 0 Å². The fraction of sp³-hybridized carbons (Fsp3) is 0.833. The SMILES string of the molecule is CN1CC(C(=O)[O-])CCC1C(=O)OC(C)(C)C.[Na+]. The Balaban J connectivity index is 0.00000289. The normalized spacial score (nSPS) is 25.1. The summed E-state index contributed by atoms with van der Waals surface area (Å²) < 4.78 is 5.30. The Morgan fingerprint density at radius 1 is 1.28 bits per heavy atom. The summed E-state index contributed by atoms with van der Waals surface area (Å²) in [6, 6.07) is -0.343. The minimum absolute atomic E-state index is 0. The monoisotopic (exact) mass is 265 g/mol. The number of ether oxygens (including phenoxy) is 1. The van der Waals surface area contributed by atoms with Crippen LogP contribution in [0.3, 0.4) is 0 Å². The average Bonchev–Trinajstić information content (AvgIpc) is 2.14. The van der Waals surface area contributed by atoms with Crippen molar-refractivity contribution in [2.45, 2.75) is 45.3 Å². The van der Waals surface area contributed by atoms with E-state index in [1.807, 2.05) is 20.8 Å². The van der Waals surface area contributed by atoms with Crippen LogP contribution in [0.25, 0.3) is 0 Å². The molecule has 0 radical (unpaired) electrons. The third-order valence-electron chi connectivity index (χ3n) is 2.84. The van der Waals surface area contributed by atoms with Crippen LogP contribution in [0.15, 0.2) is 0 Å². The van der Waals surface area contributed by atoms with Gasteiger partial charge in [-0.1, -0.05) is 0 Å². The summed E-state index contributed by atoms with van der Waals surface area (Å²) in [5.41, 5.74) is -0.511. The maximum Gasteiger partial charge on any atom is 1.00 e. The zero-order valence-electron chi connectivity index (χ0n) is 11.9. The number of piperidine rings is 1. The first kappa shape index (κ1) is 17.9. The number of rotatable bonds is 2. The van der Waals surface area contributed by atoms with Crippen LogP contribution in [0.2, 0.25) is 0 Å². The molecule has 0 aromatic heterocycles. The molecule has 98 valence electrons. The molecule has 1 fully saturated rings. The summed E-state index contributed by atoms with van der Waals surface area (Å²) in [5, 5.41) is 10.8. The van der Waals surface area contributed by atoms with Crippen molar-refractivity contribution in [3.63, 3.8) is 0 Å². The third kappa shape index (κ3) is 5.26. The minimum atomic E-state index is -1.04. The molecule has 6 heteroatoms. The van der Waals surface area contributed by atoms with Crippen LogP contribution in [0.5, 0.6) is 0 Å². The fourth-order valence-corrected chi connectivity index (χ4v) is 2.01. The van der Waals surface area contributed by atoms with E-state index >= 15 is 0 Å². The number of carbonyl (C=O) groups is 2. The number of carboxylic acid groups (broad SMARTS) is 1. The second-order valence-corrected chi connectivity index (χ2v) is 5.58. The third-order valence-corrected chi connectivity index (χ3v) is 2.84. The Morgan fingerprint density at radius 3 is 2.22 bits per heavy atom. The minimum Gasteiger partial charge on any atom is -0.550 e. The van der Waals surface area contributed by atoms with Crippen molar-refractivity contribution in [3.05, 3.63) is 0 Å². The van der Waals surface area contributed by atoms with Crippen molar-refractivity contribution in [1.29, 1.82) is 0 Å². The quantitative estimate of drug-likeness (QED) is 0.388. The molecular formula is C12H20NNaO4. The molecule has 0 bridgehead atoms. The zero-order valence-corrected chi connectivity index (χ0v) is 13.9. The first-order valence-corrected chi connectivity index (χ1v) is 5.84. The van der Waals surface area contributed by atoms with Gasteiger partial charge in [-0.15, -0.1) is 0 Å². The van der Waals surface area contributed by atoms with Gasteiger partial charge in [0, 0.05) is 18.4 Å². The maximum atomic E-state index is 11.9. The molecule has 1 saturated heterocycles. The van der Waals surface area contributed by atoms with Gasteiger partial charge in [-0.05, 0) is 40.7 Å². The van der Waals surface area contributed by atoms with Crippen LogP contribution in [-0.2, 0) is 14.3 Å². The predicted molar refractivity (Wildman–Crippen MR) is 60.0 cm³/mol. The Bertz CT molecular complexity index is 314. The predicted octanol–water partition coefficient (Wildman–Crippen LogP) is -3.21. The second kappa shape index (κ2) is 6.89. The van der Waals surface area contributed by atoms with Gasteiger partial charge in [-0.2, -0.15) is 0 Å². The van der Waals surface area contributed by atoms with Gasteiger partial charge in [0.25, 0.3) is 0 Å². The standard InChI is InChI=1S/C12H21NO4.Na/c1-12(2,3)17-11(16)9-6-5-8(10(14)15)7-13(9)4;/h8-9H,5-7H2,1-4H3,(H,14,15);/q;+1/p-1. The van der Waals surface area contributed by atoms with Crippen LogP contribution in [0, 0.1) is 5.92 Å². The number of likely N-dealkylation sites (N-methyl/N-ethyl adjacent to an activating group) is 1. The van der Waals surface area contributed by atoms with Crippen molar-refractivity contribution in [2.24, 2.45) is 5.92 Å². The van der Waals surface area contributed by atoms with E-state index in [1.54, 1.807) is 11.9 Å². The Kier molecular flexibility index (Phi) is 6.85. The Morgan fingerprint density at radius 2 is 1.83 bits per heavy atom. The molecule has 1 aliphatic rings. The Labute approximate surface area is 130 Å². The van der Waals surface area contributed by atoms with Crippen molar-refractivity contribution in [1.82, 2.24) is 4.90 Å². The number of hydrogen-bond donors (Lipinski definition) is 0. The molecule has 1 aliphatic heterocycles. The summed E-state index contributed by atoms with van der Waals surface area (Å²) >= 11 is 0. The van der Waals surface area contributed by atoms with Crippen LogP contribution in [-0.4, -0.2) is 42.1 Å². The number of nitrogens with zero attached hydrogens (tertiary/aromatic N) is 1. The van der Waals surface area contributed by atoms with Gasteiger partial charge in [0.05, 0.1) is 0 Å². The van der Waals surface area contributed by atoms with E-state index in [-0.39, 0.29) is 41.6 Å². The number of hydrogen-bond acceptors (Lipinski definition) is 5. The molecule has 0 aromatic carbocycles. The molecule has 0 amide bonds. The average molecular weight is 265 g/mol. The topological polar surface area (TPSA) is 69.7 Å². The number of carboxylic acids is 1. The molecule has 18 heavy (non-hydrogen) atoms. The molecule has 1 rings (SSSR count). The summed E-state index contributed by atoms with van der Waals surface area (Å²) in [6.07, 6.45) is 0.973. The molecule has 5 nitrogen and oxygen atoms in total. The first-order valence-electron chi connectivity index (χ1n) is 5.84. The maximum absolute atomic E-state index is 11.9. The van der Waals surface area contributed by atoms with Gasteiger partial charge in [0.1, 0.15) is 11.6 Å². The van der Waals surface area contributed by atoms with Gasteiger partial charge in [-0.3, -0.25) is 9.69 Å². The van der Waals surface area contributed by atoms with E-state index in [4.69, 9.17) is 4.74 Å². The van der Waals surface area contributed by atoms with Crippen molar-refractivity contribution in [2.75, 3.05) is 13.6 Å². The van der Waals surface area contributed by atoms with E-state index in [0.29, 0.717) is 19.4 Å². The summed E-state index contributed by atoms with van der Waals surface area (Å²) in [7, 11) is 1.74. The van der Waals surface area contributed by atoms with Crippen molar-refractivity contribution < 1.29 is 49.0 Å². The van der Waals surface area contributed by atoms with E-state index in [0.717, 1.165) is 0 Å². The van der Waals surface area contributed by atoms with E-state index in [9.17, 15) is 14.7 Å². The molecule has 2 atom stereocenters. The van der Waals surface area contributed by atoms with Crippen LogP contribution in [0.4, 0.5) is 0 Å². The van der Waals surface area contributed by atoms with Gasteiger partial charge < -0.3 is 14.6 Å². The van der Waals surface area contributed by atoms with Gasteiger partial charge >= 0.3 is 35.5 Å². The van der Waals surface area contributed by atoms with E-state index in [2.05, 4.69) is 0 Å². The molecule has 0 aliphatic carbocycles. The number of likely N-dealkylation sites (tertiary alicyclic amines) is 1. The van der Waals surface area contributed by atoms with Gasteiger partial charge in [0.15, 0.2) is 0 Å². The second-order valence-electron chi connectivity index (χ2n) is 5.58. The van der Waals surface area contributed by atoms with E-state index in [1.165, 1.54) is 0 Å². The molecular weight excluding hydrogens is 245 g/mol. The molecule has 0 aromatic rings. The molecule has 2 unspecified atom stereocenters. The first-order chi connectivity index (χ1) is 7.70. The molecule has 1 heterocycles. The largest absolute Gasteiger partial charge is 1.00 e. The van der Waals surface area contributed by atoms with Gasteiger partial charge in [-0.25, -0.2) is 0 Å². The summed E-state index contributed by atoms with van der Waals surface area (Å²) in [4.78, 5) is 24.4. The summed E-state index contributed by atoms with van der Waals surface area (Å²) in [6.45, 7) is 5.79. The van der Waals surface area contributed by atoms with Crippen molar-refractivity contribution >= 4 is 11.9 Å². The fourth-order valence-electron chi connectivity index (χ4n) is 2.01. The van der Waals surface area contributed by atoms with Crippen LogP contribution in [0.1, 0.15) is 33.6 Å². The van der Waals surface area contributed by atoms with Crippen molar-refractivity contribution in [3.8, 4) is 0 Å². The van der Waals surface area contributed by atoms with Crippen LogP contribution < -0.4 is 34.7 Å². The molecule has 0 N–H and O–H groups in total. The number of aliphatic carboxylic acids is 1. The summed E-state index contributed by atoms with van der Waals surface area (Å²) in [5.74, 6) is -1.81. The number of esters is 1. The molecule has 0 spiro atoms.